The molecule has 1 amide bonds. The SMILES string of the molecule is C=CC(=O)Nc1cc(Nc2ncc(Cl)c(-n3ccc4ccccc43)n2)c(C)cc1N(C)CCN(C)C. The Morgan fingerprint density at radius 2 is 1.92 bits per heavy atom. The lowest BCUT2D eigenvalue weighted by Crippen LogP contribution is -2.29. The van der Waals surface area contributed by atoms with Crippen molar-refractivity contribution in [1.82, 2.24) is 19.4 Å². The first-order chi connectivity index (χ1) is 17.3. The van der Waals surface area contributed by atoms with Crippen LogP contribution in [0.3, 0.4) is 0 Å². The van der Waals surface area contributed by atoms with E-state index in [2.05, 4.69) is 32.0 Å². The van der Waals surface area contributed by atoms with Crippen LogP contribution in [0.1, 0.15) is 5.56 Å². The van der Waals surface area contributed by atoms with Gasteiger partial charge in [-0.3, -0.25) is 9.36 Å². The number of fused-ring (bicyclic) bond motifs is 1. The monoisotopic (exact) mass is 503 g/mol. The van der Waals surface area contributed by atoms with Gasteiger partial charge in [-0.25, -0.2) is 4.98 Å². The highest BCUT2D eigenvalue weighted by Gasteiger charge is 2.15. The number of hydrogen-bond acceptors (Lipinski definition) is 6. The van der Waals surface area contributed by atoms with Crippen molar-refractivity contribution in [1.29, 1.82) is 0 Å². The highest BCUT2D eigenvalue weighted by molar-refractivity contribution is 6.32. The van der Waals surface area contributed by atoms with E-state index in [-0.39, 0.29) is 5.91 Å². The summed E-state index contributed by atoms with van der Waals surface area (Å²) in [6, 6.07) is 14.0. The van der Waals surface area contributed by atoms with E-state index in [0.717, 1.165) is 40.9 Å². The van der Waals surface area contributed by atoms with Gasteiger partial charge in [-0.05, 0) is 62.3 Å². The fourth-order valence-corrected chi connectivity index (χ4v) is 4.06. The molecule has 0 unspecified atom stereocenters. The third-order valence-corrected chi connectivity index (χ3v) is 6.15. The lowest BCUT2D eigenvalue weighted by atomic mass is 10.1. The second-order valence-electron chi connectivity index (χ2n) is 8.84. The number of nitrogens with one attached hydrogen (secondary N) is 2. The van der Waals surface area contributed by atoms with Gasteiger partial charge in [0, 0.05) is 32.0 Å². The number of hydrogen-bond donors (Lipinski definition) is 2. The molecule has 0 atom stereocenters. The van der Waals surface area contributed by atoms with Gasteiger partial charge in [0.25, 0.3) is 0 Å². The van der Waals surface area contributed by atoms with E-state index >= 15 is 0 Å². The first-order valence-electron chi connectivity index (χ1n) is 11.6. The van der Waals surface area contributed by atoms with Crippen molar-refractivity contribution in [2.45, 2.75) is 6.92 Å². The van der Waals surface area contributed by atoms with Crippen molar-refractivity contribution in [2.75, 3.05) is 49.8 Å². The number of benzene rings is 2. The number of nitrogens with zero attached hydrogens (tertiary/aromatic N) is 5. The van der Waals surface area contributed by atoms with E-state index in [1.807, 2.05) is 81.3 Å². The zero-order valence-electron chi connectivity index (χ0n) is 20.9. The number of anilines is 4. The second-order valence-corrected chi connectivity index (χ2v) is 9.24. The van der Waals surface area contributed by atoms with Gasteiger partial charge in [-0.2, -0.15) is 4.98 Å². The Bertz CT molecular complexity index is 1410. The van der Waals surface area contributed by atoms with Crippen LogP contribution in [0.5, 0.6) is 0 Å². The summed E-state index contributed by atoms with van der Waals surface area (Å²) in [5.41, 5.74) is 4.32. The molecule has 0 aliphatic carbocycles. The van der Waals surface area contributed by atoms with Crippen LogP contribution in [0.25, 0.3) is 16.7 Å². The molecule has 9 heteroatoms. The maximum absolute atomic E-state index is 12.2. The fourth-order valence-electron chi connectivity index (χ4n) is 3.87. The molecule has 0 saturated carbocycles. The van der Waals surface area contributed by atoms with Crippen LogP contribution in [0.4, 0.5) is 23.0 Å². The number of para-hydroxylation sites is 1. The van der Waals surface area contributed by atoms with E-state index < -0.39 is 0 Å². The van der Waals surface area contributed by atoms with Crippen molar-refractivity contribution >= 4 is 51.4 Å². The summed E-state index contributed by atoms with van der Waals surface area (Å²) in [6.45, 7) is 7.25. The molecule has 36 heavy (non-hydrogen) atoms. The van der Waals surface area contributed by atoms with E-state index in [1.54, 1.807) is 6.20 Å². The Balaban J connectivity index is 1.69. The molecule has 8 nitrogen and oxygen atoms in total. The van der Waals surface area contributed by atoms with Crippen LogP contribution < -0.4 is 15.5 Å². The maximum Gasteiger partial charge on any atom is 0.247 e. The molecule has 4 aromatic rings. The smallest absolute Gasteiger partial charge is 0.247 e. The number of likely N-dealkylation sites (N-methyl/N-ethyl adjacent to an activating group) is 2. The van der Waals surface area contributed by atoms with Gasteiger partial charge in [0.1, 0.15) is 5.02 Å². The maximum atomic E-state index is 12.2. The van der Waals surface area contributed by atoms with Crippen molar-refractivity contribution in [3.05, 3.63) is 78.1 Å². The molecule has 0 bridgehead atoms. The van der Waals surface area contributed by atoms with E-state index in [9.17, 15) is 4.79 Å². The van der Waals surface area contributed by atoms with Gasteiger partial charge >= 0.3 is 0 Å². The lowest BCUT2D eigenvalue weighted by molar-refractivity contribution is -0.111. The van der Waals surface area contributed by atoms with Crippen LogP contribution in [0, 0.1) is 6.92 Å². The Morgan fingerprint density at radius 1 is 1.14 bits per heavy atom. The number of rotatable bonds is 9. The molecule has 186 valence electrons. The van der Waals surface area contributed by atoms with E-state index in [1.165, 1.54) is 6.08 Å². The minimum Gasteiger partial charge on any atom is -0.372 e. The van der Waals surface area contributed by atoms with Gasteiger partial charge in [-0.1, -0.05) is 36.4 Å². The van der Waals surface area contributed by atoms with Crippen molar-refractivity contribution in [3.8, 4) is 5.82 Å². The molecule has 2 aromatic heterocycles. The first-order valence-corrected chi connectivity index (χ1v) is 11.9. The average molecular weight is 504 g/mol. The normalized spacial score (nSPS) is 11.1. The Hall–Kier alpha value is -3.88. The summed E-state index contributed by atoms with van der Waals surface area (Å²) >= 11 is 6.49. The molecule has 4 rings (SSSR count). The minimum absolute atomic E-state index is 0.281. The van der Waals surface area contributed by atoms with Crippen LogP contribution in [-0.4, -0.2) is 59.6 Å². The third kappa shape index (κ3) is 5.50. The average Bonchev–Trinajstić information content (AvgIpc) is 3.29. The van der Waals surface area contributed by atoms with Gasteiger partial charge in [0.15, 0.2) is 5.82 Å². The number of carbonyl (C=O) groups excluding carboxylic acids is 1. The molecular weight excluding hydrogens is 474 g/mol. The zero-order chi connectivity index (χ0) is 25.8. The summed E-state index contributed by atoms with van der Waals surface area (Å²) < 4.78 is 1.94. The summed E-state index contributed by atoms with van der Waals surface area (Å²) in [5, 5.41) is 7.76. The second kappa shape index (κ2) is 10.8. The van der Waals surface area contributed by atoms with E-state index in [4.69, 9.17) is 16.6 Å². The molecule has 0 aliphatic rings. The Labute approximate surface area is 216 Å². The van der Waals surface area contributed by atoms with Crippen LogP contribution in [-0.2, 0) is 4.79 Å². The fraction of sp³-hybridized carbons (Fsp3) is 0.222. The first kappa shape index (κ1) is 25.2. The number of amides is 1. The predicted molar refractivity (Wildman–Crippen MR) is 149 cm³/mol. The molecule has 0 radical (unpaired) electrons. The molecule has 2 aromatic carbocycles. The molecule has 0 aliphatic heterocycles. The van der Waals surface area contributed by atoms with E-state index in [0.29, 0.717) is 22.5 Å². The molecule has 0 fully saturated rings. The standard InChI is InChI=1S/C27H30ClN7O/c1-6-25(36)30-22-16-21(18(2)15-24(22)34(5)14-13-33(3)4)31-27-29-17-20(28)26(32-27)35-12-11-19-9-7-8-10-23(19)35/h6-12,15-17H,1,13-14H2,2-5H3,(H,30,36)(H,29,31,32). The van der Waals surface area contributed by atoms with Gasteiger partial charge < -0.3 is 20.4 Å². The number of halogens is 1. The number of aromatic nitrogens is 3. The quantitative estimate of drug-likeness (QED) is 0.304. The van der Waals surface area contributed by atoms with Gasteiger partial charge in [0.05, 0.1) is 23.1 Å². The van der Waals surface area contributed by atoms with Gasteiger partial charge in [0.2, 0.25) is 11.9 Å². The summed E-state index contributed by atoms with van der Waals surface area (Å²) in [7, 11) is 6.07. The molecule has 2 N–H and O–H groups in total. The Morgan fingerprint density at radius 3 is 2.67 bits per heavy atom. The number of carbonyl (C=O) groups is 1. The lowest BCUT2D eigenvalue weighted by Gasteiger charge is -2.25. The highest BCUT2D eigenvalue weighted by atomic mass is 35.5. The van der Waals surface area contributed by atoms with Crippen LogP contribution >= 0.6 is 11.6 Å². The third-order valence-electron chi connectivity index (χ3n) is 5.88. The summed E-state index contributed by atoms with van der Waals surface area (Å²) in [6.07, 6.45) is 4.78. The van der Waals surface area contributed by atoms with Crippen LogP contribution in [0.15, 0.2) is 67.5 Å². The highest BCUT2D eigenvalue weighted by Crippen LogP contribution is 2.33. The largest absolute Gasteiger partial charge is 0.372 e. The predicted octanol–water partition coefficient (Wildman–Crippen LogP) is 5.25. The van der Waals surface area contributed by atoms with Gasteiger partial charge in [-0.15, -0.1) is 0 Å². The van der Waals surface area contributed by atoms with Crippen molar-refractivity contribution < 1.29 is 4.79 Å². The zero-order valence-corrected chi connectivity index (χ0v) is 21.7. The molecule has 0 saturated heterocycles. The Kier molecular flexibility index (Phi) is 7.57. The topological polar surface area (TPSA) is 78.3 Å². The minimum atomic E-state index is -0.281. The molecule has 0 spiro atoms. The van der Waals surface area contributed by atoms with Crippen molar-refractivity contribution in [2.24, 2.45) is 0 Å². The number of aryl methyl sites for hydroxylation is 1. The molecular formula is C27H30ClN7O. The van der Waals surface area contributed by atoms with Crippen LogP contribution in [0.2, 0.25) is 5.02 Å². The summed E-state index contributed by atoms with van der Waals surface area (Å²) in [4.78, 5) is 25.5. The van der Waals surface area contributed by atoms with Crippen molar-refractivity contribution in [3.63, 3.8) is 0 Å². The molecule has 2 heterocycles. The summed E-state index contributed by atoms with van der Waals surface area (Å²) in [5.74, 6) is 0.690.